The summed E-state index contributed by atoms with van der Waals surface area (Å²) in [5, 5.41) is 9.44. The zero-order valence-electron chi connectivity index (χ0n) is 21.9. The molecule has 1 aromatic carbocycles. The van der Waals surface area contributed by atoms with Gasteiger partial charge in [0.2, 0.25) is 0 Å². The summed E-state index contributed by atoms with van der Waals surface area (Å²) in [5.74, 6) is 0.320. The van der Waals surface area contributed by atoms with Crippen molar-refractivity contribution < 1.29 is 9.18 Å². The average Bonchev–Trinajstić information content (AvgIpc) is 2.95. The highest BCUT2D eigenvalue weighted by Gasteiger charge is 2.26. The van der Waals surface area contributed by atoms with Crippen LogP contribution in [-0.4, -0.2) is 78.0 Å². The summed E-state index contributed by atoms with van der Waals surface area (Å²) in [5.41, 5.74) is 5.11. The highest BCUT2D eigenvalue weighted by atomic mass is 19.1. The Balaban J connectivity index is 1.22. The maximum atomic E-state index is 13.5. The number of amides is 1. The van der Waals surface area contributed by atoms with Crippen LogP contribution in [0.5, 0.6) is 0 Å². The number of para-hydroxylation sites is 1. The van der Waals surface area contributed by atoms with Gasteiger partial charge in [-0.1, -0.05) is 18.2 Å². The standard InChI is InChI=1S/C29H32FN7O/c1-21-17-22(2)28(29(38)37-15-13-36(14-16-37)27-8-7-24(30)19-32-27)33-25(21)20-34-9-11-35(12-10-34)26-6-4-3-5-23(26)18-31/h3-8,17,19H,9-16,20H2,1-2H3. The molecule has 2 saturated heterocycles. The van der Waals surface area contributed by atoms with Gasteiger partial charge in [-0.05, 0) is 49.2 Å². The molecule has 0 atom stereocenters. The Kier molecular flexibility index (Phi) is 7.52. The number of hydrogen-bond acceptors (Lipinski definition) is 7. The number of aromatic nitrogens is 2. The highest BCUT2D eigenvalue weighted by Crippen LogP contribution is 2.23. The second kappa shape index (κ2) is 11.2. The molecule has 0 unspecified atom stereocenters. The molecule has 8 nitrogen and oxygen atoms in total. The van der Waals surface area contributed by atoms with E-state index in [1.165, 1.54) is 12.3 Å². The Bertz CT molecular complexity index is 1340. The quantitative estimate of drug-likeness (QED) is 0.518. The summed E-state index contributed by atoms with van der Waals surface area (Å²) in [4.78, 5) is 31.0. The van der Waals surface area contributed by atoms with Crippen molar-refractivity contribution in [1.29, 1.82) is 5.26 Å². The molecule has 0 aliphatic carbocycles. The average molecular weight is 514 g/mol. The lowest BCUT2D eigenvalue weighted by atomic mass is 10.1. The van der Waals surface area contributed by atoms with E-state index in [2.05, 4.69) is 38.7 Å². The number of pyridine rings is 2. The number of hydrogen-bond donors (Lipinski definition) is 0. The SMILES string of the molecule is Cc1cc(C)c(C(=O)N2CCN(c3ccc(F)cn3)CC2)nc1CN1CCN(c2ccccc2C#N)CC1. The Labute approximate surface area is 222 Å². The van der Waals surface area contributed by atoms with Crippen molar-refractivity contribution in [3.05, 3.63) is 82.6 Å². The molecule has 4 heterocycles. The summed E-state index contributed by atoms with van der Waals surface area (Å²) < 4.78 is 13.2. The van der Waals surface area contributed by atoms with Gasteiger partial charge in [-0.25, -0.2) is 14.4 Å². The summed E-state index contributed by atoms with van der Waals surface area (Å²) >= 11 is 0. The Morgan fingerprint density at radius 1 is 0.947 bits per heavy atom. The molecule has 0 saturated carbocycles. The second-order valence-electron chi connectivity index (χ2n) is 9.92. The molecule has 2 aromatic heterocycles. The normalized spacial score (nSPS) is 16.4. The predicted molar refractivity (Wildman–Crippen MR) is 145 cm³/mol. The molecule has 0 N–H and O–H groups in total. The molecule has 196 valence electrons. The lowest BCUT2D eigenvalue weighted by Gasteiger charge is -2.37. The minimum absolute atomic E-state index is 0.0478. The van der Waals surface area contributed by atoms with Gasteiger partial charge in [-0.15, -0.1) is 0 Å². The molecule has 0 spiro atoms. The number of piperazine rings is 2. The molecule has 2 aliphatic heterocycles. The van der Waals surface area contributed by atoms with Gasteiger partial charge in [0.05, 0.1) is 23.1 Å². The fraction of sp³-hybridized carbons (Fsp3) is 0.379. The van der Waals surface area contributed by atoms with E-state index >= 15 is 0 Å². The van der Waals surface area contributed by atoms with Gasteiger partial charge in [-0.2, -0.15) is 5.26 Å². The lowest BCUT2D eigenvalue weighted by Crippen LogP contribution is -2.49. The van der Waals surface area contributed by atoms with E-state index in [0.717, 1.165) is 54.5 Å². The summed E-state index contributed by atoms with van der Waals surface area (Å²) in [6, 6.07) is 15.2. The van der Waals surface area contributed by atoms with E-state index in [4.69, 9.17) is 4.98 Å². The van der Waals surface area contributed by atoms with E-state index in [0.29, 0.717) is 44.0 Å². The minimum atomic E-state index is -0.356. The van der Waals surface area contributed by atoms with Crippen molar-refractivity contribution in [2.75, 3.05) is 62.2 Å². The fourth-order valence-corrected chi connectivity index (χ4v) is 5.21. The van der Waals surface area contributed by atoms with Gasteiger partial charge in [0.1, 0.15) is 23.4 Å². The number of rotatable bonds is 5. The first kappa shape index (κ1) is 25.6. The Hall–Kier alpha value is -4.03. The van der Waals surface area contributed by atoms with Crippen LogP contribution in [0.4, 0.5) is 15.9 Å². The van der Waals surface area contributed by atoms with Crippen LogP contribution < -0.4 is 9.80 Å². The van der Waals surface area contributed by atoms with Gasteiger partial charge in [0.15, 0.2) is 0 Å². The number of anilines is 2. The van der Waals surface area contributed by atoms with Crippen LogP contribution in [0.1, 0.15) is 32.9 Å². The number of benzene rings is 1. The monoisotopic (exact) mass is 513 g/mol. The molecule has 38 heavy (non-hydrogen) atoms. The molecule has 0 bridgehead atoms. The Morgan fingerprint density at radius 2 is 1.66 bits per heavy atom. The third-order valence-corrected chi connectivity index (χ3v) is 7.42. The lowest BCUT2D eigenvalue weighted by molar-refractivity contribution is 0.0739. The summed E-state index contributed by atoms with van der Waals surface area (Å²) in [7, 11) is 0. The molecule has 9 heteroatoms. The van der Waals surface area contributed by atoms with Crippen molar-refractivity contribution in [2.24, 2.45) is 0 Å². The molecule has 0 radical (unpaired) electrons. The number of carbonyl (C=O) groups excluding carboxylic acids is 1. The number of carbonyl (C=O) groups is 1. The first-order valence-corrected chi connectivity index (χ1v) is 13.0. The van der Waals surface area contributed by atoms with E-state index < -0.39 is 0 Å². The van der Waals surface area contributed by atoms with Gasteiger partial charge in [0, 0.05) is 58.9 Å². The van der Waals surface area contributed by atoms with E-state index in [9.17, 15) is 14.4 Å². The minimum Gasteiger partial charge on any atom is -0.368 e. The van der Waals surface area contributed by atoms with Crippen molar-refractivity contribution in [3.63, 3.8) is 0 Å². The zero-order chi connectivity index (χ0) is 26.6. The Morgan fingerprint density at radius 3 is 2.34 bits per heavy atom. The van der Waals surface area contributed by atoms with Crippen LogP contribution in [-0.2, 0) is 6.54 Å². The van der Waals surface area contributed by atoms with Crippen molar-refractivity contribution >= 4 is 17.4 Å². The predicted octanol–water partition coefficient (Wildman–Crippen LogP) is 3.39. The van der Waals surface area contributed by atoms with E-state index in [1.54, 1.807) is 6.07 Å². The van der Waals surface area contributed by atoms with Crippen LogP contribution >= 0.6 is 0 Å². The summed E-state index contributed by atoms with van der Waals surface area (Å²) in [6.45, 7) is 10.5. The van der Waals surface area contributed by atoms with Crippen molar-refractivity contribution in [1.82, 2.24) is 19.8 Å². The molecule has 2 aliphatic rings. The third kappa shape index (κ3) is 5.46. The smallest absolute Gasteiger partial charge is 0.272 e. The van der Waals surface area contributed by atoms with Crippen LogP contribution in [0.3, 0.4) is 0 Å². The largest absolute Gasteiger partial charge is 0.368 e. The first-order valence-electron chi connectivity index (χ1n) is 13.0. The van der Waals surface area contributed by atoms with Crippen LogP contribution in [0.25, 0.3) is 0 Å². The number of halogens is 1. The molecule has 5 rings (SSSR count). The van der Waals surface area contributed by atoms with Crippen molar-refractivity contribution in [3.8, 4) is 6.07 Å². The topological polar surface area (TPSA) is 79.6 Å². The molecular weight excluding hydrogens is 481 g/mol. The molecule has 2 fully saturated rings. The molecular formula is C29H32FN7O. The van der Waals surface area contributed by atoms with Crippen LogP contribution in [0.15, 0.2) is 48.7 Å². The van der Waals surface area contributed by atoms with Crippen LogP contribution in [0.2, 0.25) is 0 Å². The second-order valence-corrected chi connectivity index (χ2v) is 9.92. The number of aryl methyl sites for hydroxylation is 2. The van der Waals surface area contributed by atoms with Gasteiger partial charge < -0.3 is 14.7 Å². The number of nitrogens with zero attached hydrogens (tertiary/aromatic N) is 7. The molecule has 3 aromatic rings. The van der Waals surface area contributed by atoms with E-state index in [-0.39, 0.29) is 11.7 Å². The van der Waals surface area contributed by atoms with Gasteiger partial charge in [-0.3, -0.25) is 9.69 Å². The van der Waals surface area contributed by atoms with Gasteiger partial charge >= 0.3 is 0 Å². The highest BCUT2D eigenvalue weighted by molar-refractivity contribution is 5.94. The van der Waals surface area contributed by atoms with Crippen molar-refractivity contribution in [2.45, 2.75) is 20.4 Å². The molecule has 1 amide bonds. The van der Waals surface area contributed by atoms with Crippen LogP contribution in [0, 0.1) is 31.0 Å². The van der Waals surface area contributed by atoms with Gasteiger partial charge in [0.25, 0.3) is 5.91 Å². The third-order valence-electron chi connectivity index (χ3n) is 7.42. The summed E-state index contributed by atoms with van der Waals surface area (Å²) in [6.07, 6.45) is 1.22. The fourth-order valence-electron chi connectivity index (χ4n) is 5.21. The maximum Gasteiger partial charge on any atom is 0.272 e. The van der Waals surface area contributed by atoms with E-state index in [1.807, 2.05) is 36.1 Å². The maximum absolute atomic E-state index is 13.5. The zero-order valence-corrected chi connectivity index (χ0v) is 21.9. The first-order chi connectivity index (χ1) is 18.4. The number of nitriles is 1.